The van der Waals surface area contributed by atoms with Crippen LogP contribution >= 0.6 is 0 Å². The van der Waals surface area contributed by atoms with E-state index < -0.39 is 5.91 Å². The van der Waals surface area contributed by atoms with Crippen LogP contribution in [0.5, 0.6) is 5.75 Å². The van der Waals surface area contributed by atoms with E-state index in [0.717, 1.165) is 5.56 Å². The maximum Gasteiger partial charge on any atom is 0.252 e. The van der Waals surface area contributed by atoms with Gasteiger partial charge in [-0.1, -0.05) is 19.9 Å². The number of rotatable bonds is 4. The van der Waals surface area contributed by atoms with E-state index in [9.17, 15) is 9.59 Å². The highest BCUT2D eigenvalue weighted by atomic mass is 16.5. The second-order valence-corrected chi connectivity index (χ2v) is 4.19. The maximum atomic E-state index is 11.7. The average Bonchev–Trinajstić information content (AvgIpc) is 2.26. The highest BCUT2D eigenvalue weighted by Gasteiger charge is 2.21. The van der Waals surface area contributed by atoms with Gasteiger partial charge in [-0.05, 0) is 24.5 Å². The van der Waals surface area contributed by atoms with Crippen molar-refractivity contribution >= 4 is 11.7 Å². The highest BCUT2D eigenvalue weighted by molar-refractivity contribution is 6.04. The lowest BCUT2D eigenvalue weighted by atomic mass is 9.92. The molecule has 0 heterocycles. The van der Waals surface area contributed by atoms with Gasteiger partial charge in [-0.15, -0.1) is 0 Å². The number of amides is 1. The van der Waals surface area contributed by atoms with E-state index >= 15 is 0 Å². The van der Waals surface area contributed by atoms with E-state index in [-0.39, 0.29) is 23.0 Å². The first-order chi connectivity index (χ1) is 7.90. The Balaban J connectivity index is 3.61. The van der Waals surface area contributed by atoms with Gasteiger partial charge in [-0.3, -0.25) is 9.59 Å². The molecule has 0 radical (unpaired) electrons. The van der Waals surface area contributed by atoms with E-state index in [2.05, 4.69) is 0 Å². The van der Waals surface area contributed by atoms with Crippen molar-refractivity contribution < 1.29 is 14.3 Å². The number of carbonyl (C=O) groups excluding carboxylic acids is 2. The van der Waals surface area contributed by atoms with Gasteiger partial charge in [0.05, 0.1) is 18.2 Å². The van der Waals surface area contributed by atoms with Crippen LogP contribution in [0.25, 0.3) is 0 Å². The Bertz CT molecular complexity index is 464. The molecule has 17 heavy (non-hydrogen) atoms. The summed E-state index contributed by atoms with van der Waals surface area (Å²) >= 11 is 0. The smallest absolute Gasteiger partial charge is 0.252 e. The van der Waals surface area contributed by atoms with E-state index in [1.54, 1.807) is 12.1 Å². The van der Waals surface area contributed by atoms with Crippen molar-refractivity contribution in [3.63, 3.8) is 0 Å². The topological polar surface area (TPSA) is 69.4 Å². The molecule has 92 valence electrons. The molecule has 4 nitrogen and oxygen atoms in total. The van der Waals surface area contributed by atoms with Gasteiger partial charge in [0.25, 0.3) is 5.91 Å². The van der Waals surface area contributed by atoms with Crippen molar-refractivity contribution in [2.45, 2.75) is 26.7 Å². The summed E-state index contributed by atoms with van der Waals surface area (Å²) in [5.74, 6) is -0.283. The van der Waals surface area contributed by atoms with Crippen LogP contribution in [0.15, 0.2) is 12.1 Å². The van der Waals surface area contributed by atoms with Crippen molar-refractivity contribution in [3.05, 3.63) is 28.8 Å². The maximum absolute atomic E-state index is 11.7. The number of ether oxygens (including phenoxy) is 1. The largest absolute Gasteiger partial charge is 0.495 e. The molecule has 0 spiro atoms. The number of hydrogen-bond donors (Lipinski definition) is 1. The molecule has 0 fully saturated rings. The van der Waals surface area contributed by atoms with Gasteiger partial charge in [0.15, 0.2) is 5.78 Å². The minimum absolute atomic E-state index is 0.131. The van der Waals surface area contributed by atoms with Gasteiger partial charge in [0.1, 0.15) is 5.75 Å². The quantitative estimate of drug-likeness (QED) is 0.813. The molecule has 0 aliphatic carbocycles. The summed E-state index contributed by atoms with van der Waals surface area (Å²) in [5.41, 5.74) is 6.80. The number of hydrogen-bond acceptors (Lipinski definition) is 3. The molecule has 1 aromatic carbocycles. The number of ketones is 1. The van der Waals surface area contributed by atoms with E-state index in [0.29, 0.717) is 5.56 Å². The Morgan fingerprint density at radius 3 is 2.24 bits per heavy atom. The Hall–Kier alpha value is -1.84. The van der Waals surface area contributed by atoms with Crippen LogP contribution in [0, 0.1) is 0 Å². The number of carbonyl (C=O) groups is 2. The molecule has 0 atom stereocenters. The second kappa shape index (κ2) is 4.99. The fourth-order valence-corrected chi connectivity index (χ4v) is 1.85. The Morgan fingerprint density at radius 2 is 1.88 bits per heavy atom. The number of primary amides is 1. The first-order valence-corrected chi connectivity index (χ1v) is 5.41. The van der Waals surface area contributed by atoms with E-state index in [1.165, 1.54) is 14.0 Å². The fourth-order valence-electron chi connectivity index (χ4n) is 1.85. The van der Waals surface area contributed by atoms with Crippen LogP contribution in [-0.2, 0) is 0 Å². The normalized spacial score (nSPS) is 10.4. The minimum Gasteiger partial charge on any atom is -0.495 e. The van der Waals surface area contributed by atoms with Crippen LogP contribution in [0.1, 0.15) is 53.0 Å². The standard InChI is InChI=1S/C13H17NO3/c1-7(2)9-5-6-10(13(14)16)12(17-4)11(9)8(3)15/h5-7H,1-4H3,(H2,14,16). The van der Waals surface area contributed by atoms with Crippen molar-refractivity contribution in [2.75, 3.05) is 7.11 Å². The van der Waals surface area contributed by atoms with Gasteiger partial charge >= 0.3 is 0 Å². The molecular weight excluding hydrogens is 218 g/mol. The molecule has 0 aromatic heterocycles. The zero-order chi connectivity index (χ0) is 13.2. The number of methoxy groups -OCH3 is 1. The lowest BCUT2D eigenvalue weighted by Gasteiger charge is -2.16. The number of benzene rings is 1. The molecule has 2 N–H and O–H groups in total. The summed E-state index contributed by atoms with van der Waals surface area (Å²) in [6.45, 7) is 5.41. The van der Waals surface area contributed by atoms with Crippen LogP contribution in [0.2, 0.25) is 0 Å². The Morgan fingerprint density at radius 1 is 1.29 bits per heavy atom. The predicted molar refractivity (Wildman–Crippen MR) is 65.6 cm³/mol. The van der Waals surface area contributed by atoms with Crippen molar-refractivity contribution in [1.29, 1.82) is 0 Å². The zero-order valence-electron chi connectivity index (χ0n) is 10.5. The summed E-state index contributed by atoms with van der Waals surface area (Å²) in [7, 11) is 1.43. The van der Waals surface area contributed by atoms with Gasteiger partial charge in [-0.25, -0.2) is 0 Å². The summed E-state index contributed by atoms with van der Waals surface area (Å²) in [5, 5.41) is 0. The van der Waals surface area contributed by atoms with Crippen molar-refractivity contribution in [2.24, 2.45) is 5.73 Å². The summed E-state index contributed by atoms with van der Waals surface area (Å²) in [6.07, 6.45) is 0. The molecular formula is C13H17NO3. The third kappa shape index (κ3) is 2.46. The number of Topliss-reactive ketones (excluding diaryl/α,β-unsaturated/α-hetero) is 1. The van der Waals surface area contributed by atoms with E-state index in [4.69, 9.17) is 10.5 Å². The fraction of sp³-hybridized carbons (Fsp3) is 0.385. The monoisotopic (exact) mass is 235 g/mol. The predicted octanol–water partition coefficient (Wildman–Crippen LogP) is 2.12. The second-order valence-electron chi connectivity index (χ2n) is 4.19. The molecule has 1 rings (SSSR count). The van der Waals surface area contributed by atoms with Gasteiger partial charge < -0.3 is 10.5 Å². The molecule has 0 unspecified atom stereocenters. The molecule has 0 saturated heterocycles. The van der Waals surface area contributed by atoms with Crippen LogP contribution < -0.4 is 10.5 Å². The van der Waals surface area contributed by atoms with Gasteiger partial charge in [-0.2, -0.15) is 0 Å². The van der Waals surface area contributed by atoms with Crippen LogP contribution in [0.3, 0.4) is 0 Å². The number of nitrogens with two attached hydrogens (primary N) is 1. The molecule has 0 aliphatic rings. The molecule has 0 bridgehead atoms. The lowest BCUT2D eigenvalue weighted by molar-refractivity contribution is 0.0997. The van der Waals surface area contributed by atoms with Crippen LogP contribution in [0.4, 0.5) is 0 Å². The third-order valence-electron chi connectivity index (χ3n) is 2.63. The van der Waals surface area contributed by atoms with E-state index in [1.807, 2.05) is 13.8 Å². The first kappa shape index (κ1) is 13.2. The first-order valence-electron chi connectivity index (χ1n) is 5.41. The molecule has 0 saturated carbocycles. The van der Waals surface area contributed by atoms with Gasteiger partial charge in [0.2, 0.25) is 0 Å². The lowest BCUT2D eigenvalue weighted by Crippen LogP contribution is -2.16. The summed E-state index contributed by atoms with van der Waals surface area (Å²) < 4.78 is 5.17. The molecule has 4 heteroatoms. The van der Waals surface area contributed by atoms with Crippen molar-refractivity contribution in [1.82, 2.24) is 0 Å². The minimum atomic E-state index is -0.598. The van der Waals surface area contributed by atoms with Crippen LogP contribution in [-0.4, -0.2) is 18.8 Å². The molecule has 1 amide bonds. The molecule has 1 aromatic rings. The van der Waals surface area contributed by atoms with Crippen molar-refractivity contribution in [3.8, 4) is 5.75 Å². The Labute approximate surface area is 101 Å². The average molecular weight is 235 g/mol. The Kier molecular flexibility index (Phi) is 3.89. The SMILES string of the molecule is COc1c(C(N)=O)ccc(C(C)C)c1C(C)=O. The highest BCUT2D eigenvalue weighted by Crippen LogP contribution is 2.31. The van der Waals surface area contributed by atoms with Gasteiger partial charge in [0, 0.05) is 0 Å². The third-order valence-corrected chi connectivity index (χ3v) is 2.63. The molecule has 0 aliphatic heterocycles. The zero-order valence-corrected chi connectivity index (χ0v) is 10.5. The summed E-state index contributed by atoms with van der Waals surface area (Å²) in [6, 6.07) is 3.35. The summed E-state index contributed by atoms with van der Waals surface area (Å²) in [4.78, 5) is 23.0.